The van der Waals surface area contributed by atoms with Crippen molar-refractivity contribution in [2.45, 2.75) is 20.4 Å². The number of nitrogens with zero attached hydrogens (tertiary/aromatic N) is 2. The summed E-state index contributed by atoms with van der Waals surface area (Å²) < 4.78 is 1.95. The maximum Gasteiger partial charge on any atom is 0.231 e. The van der Waals surface area contributed by atoms with Gasteiger partial charge in [-0.2, -0.15) is 4.57 Å². The number of rotatable bonds is 4. The lowest BCUT2D eigenvalue weighted by atomic mass is 10.0. The van der Waals surface area contributed by atoms with E-state index >= 15 is 0 Å². The average Bonchev–Trinajstić information content (AvgIpc) is 2.56. The molecular formula is C20H19BrN2O. The first-order valence-corrected chi connectivity index (χ1v) is 7.65. The average molecular weight is 383 g/mol. The summed E-state index contributed by atoms with van der Waals surface area (Å²) in [6.45, 7) is 4.32. The number of aromatic nitrogens is 2. The van der Waals surface area contributed by atoms with Crippen molar-refractivity contribution < 1.29 is 26.3 Å². The van der Waals surface area contributed by atoms with Gasteiger partial charge in [0.25, 0.3) is 0 Å². The van der Waals surface area contributed by atoms with Crippen molar-refractivity contribution in [1.82, 2.24) is 4.98 Å². The van der Waals surface area contributed by atoms with E-state index in [1.54, 1.807) is 6.20 Å². The van der Waals surface area contributed by atoms with E-state index in [1.807, 2.05) is 79.2 Å². The van der Waals surface area contributed by atoms with Gasteiger partial charge in [0.1, 0.15) is 5.69 Å². The Morgan fingerprint density at radius 2 is 1.83 bits per heavy atom. The van der Waals surface area contributed by atoms with Crippen molar-refractivity contribution in [3.63, 3.8) is 0 Å². The molecule has 0 unspecified atom stereocenters. The van der Waals surface area contributed by atoms with Crippen LogP contribution in [0.4, 0.5) is 0 Å². The first-order chi connectivity index (χ1) is 11.1. The van der Waals surface area contributed by atoms with Gasteiger partial charge in [-0.15, -0.1) is 0 Å². The fourth-order valence-corrected chi connectivity index (χ4v) is 2.73. The van der Waals surface area contributed by atoms with Crippen molar-refractivity contribution in [3.05, 3.63) is 83.7 Å². The fraction of sp³-hybridized carbons (Fsp3) is 0.150. The maximum absolute atomic E-state index is 12.7. The smallest absolute Gasteiger partial charge is 0.231 e. The standard InChI is InChI=1S/C20H19N2O.BrH/c1-15-9-10-17(16(2)13-15)20(23)14-22-12-6-4-8-19(22)18-7-3-5-11-21-18;/h3-13H,14H2,1-2H3;1H/q+1;/p-1. The summed E-state index contributed by atoms with van der Waals surface area (Å²) in [5, 5.41) is 0. The van der Waals surface area contributed by atoms with Gasteiger partial charge < -0.3 is 17.0 Å². The molecule has 4 heteroatoms. The lowest BCUT2D eigenvalue weighted by Crippen LogP contribution is -3.00. The van der Waals surface area contributed by atoms with Crippen molar-refractivity contribution >= 4 is 5.78 Å². The van der Waals surface area contributed by atoms with Gasteiger partial charge in [0.2, 0.25) is 18.0 Å². The zero-order chi connectivity index (χ0) is 16.2. The van der Waals surface area contributed by atoms with Gasteiger partial charge >= 0.3 is 0 Å². The largest absolute Gasteiger partial charge is 1.00 e. The maximum atomic E-state index is 12.7. The first kappa shape index (κ1) is 18.0. The van der Waals surface area contributed by atoms with Crippen LogP contribution in [0.3, 0.4) is 0 Å². The van der Waals surface area contributed by atoms with Crippen molar-refractivity contribution in [1.29, 1.82) is 0 Å². The second kappa shape index (κ2) is 7.97. The number of carbonyl (C=O) groups is 1. The zero-order valence-corrected chi connectivity index (χ0v) is 15.3. The van der Waals surface area contributed by atoms with Crippen LogP contribution >= 0.6 is 0 Å². The number of hydrogen-bond donors (Lipinski definition) is 0. The number of carbonyl (C=O) groups excluding carboxylic acids is 1. The summed E-state index contributed by atoms with van der Waals surface area (Å²) in [5.74, 6) is 0.107. The van der Waals surface area contributed by atoms with Crippen LogP contribution in [0.5, 0.6) is 0 Å². The second-order valence-corrected chi connectivity index (χ2v) is 5.67. The van der Waals surface area contributed by atoms with Gasteiger partial charge in [-0.25, -0.2) is 4.98 Å². The predicted molar refractivity (Wildman–Crippen MR) is 90.1 cm³/mol. The van der Waals surface area contributed by atoms with Crippen LogP contribution in [0, 0.1) is 13.8 Å². The molecule has 0 spiro atoms. The minimum absolute atomic E-state index is 0. The Hall–Kier alpha value is -2.33. The molecular weight excluding hydrogens is 364 g/mol. The Morgan fingerprint density at radius 3 is 2.54 bits per heavy atom. The molecule has 0 aliphatic carbocycles. The fourth-order valence-electron chi connectivity index (χ4n) is 2.73. The molecule has 0 aliphatic rings. The molecule has 122 valence electrons. The number of halogens is 1. The van der Waals surface area contributed by atoms with E-state index in [1.165, 1.54) is 5.56 Å². The third kappa shape index (κ3) is 3.95. The van der Waals surface area contributed by atoms with Crippen LogP contribution in [0.2, 0.25) is 0 Å². The van der Waals surface area contributed by atoms with Crippen LogP contribution < -0.4 is 21.5 Å². The van der Waals surface area contributed by atoms with E-state index in [9.17, 15) is 4.79 Å². The van der Waals surface area contributed by atoms with E-state index in [4.69, 9.17) is 0 Å². The number of Topliss-reactive ketones (excluding diaryl/α,β-unsaturated/α-hetero) is 1. The SMILES string of the molecule is Cc1ccc(C(=O)C[n+]2ccccc2-c2ccccn2)c(C)c1.[Br-]. The molecule has 0 N–H and O–H groups in total. The molecule has 0 fully saturated rings. The molecule has 3 aromatic rings. The molecule has 2 heterocycles. The van der Waals surface area contributed by atoms with E-state index in [-0.39, 0.29) is 22.8 Å². The molecule has 0 radical (unpaired) electrons. The number of benzene rings is 1. The van der Waals surface area contributed by atoms with Crippen molar-refractivity contribution in [2.75, 3.05) is 0 Å². The minimum atomic E-state index is 0. The van der Waals surface area contributed by atoms with E-state index in [0.717, 1.165) is 22.5 Å². The second-order valence-electron chi connectivity index (χ2n) is 5.67. The highest BCUT2D eigenvalue weighted by molar-refractivity contribution is 5.96. The van der Waals surface area contributed by atoms with Gasteiger partial charge in [-0.1, -0.05) is 29.8 Å². The van der Waals surface area contributed by atoms with Crippen LogP contribution in [0.25, 0.3) is 11.4 Å². The van der Waals surface area contributed by atoms with E-state index < -0.39 is 0 Å². The van der Waals surface area contributed by atoms with E-state index in [2.05, 4.69) is 4.98 Å². The quantitative estimate of drug-likeness (QED) is 0.487. The highest BCUT2D eigenvalue weighted by atomic mass is 79.9. The van der Waals surface area contributed by atoms with Gasteiger partial charge in [0.05, 0.1) is 0 Å². The summed E-state index contributed by atoms with van der Waals surface area (Å²) in [6, 6.07) is 17.6. The number of aryl methyl sites for hydroxylation is 2. The third-order valence-electron chi connectivity index (χ3n) is 3.86. The van der Waals surface area contributed by atoms with Gasteiger partial charge in [0, 0.05) is 23.9 Å². The summed E-state index contributed by atoms with van der Waals surface area (Å²) in [4.78, 5) is 17.1. The summed E-state index contributed by atoms with van der Waals surface area (Å²) in [7, 11) is 0. The van der Waals surface area contributed by atoms with Gasteiger partial charge in [-0.3, -0.25) is 4.79 Å². The lowest BCUT2D eigenvalue weighted by molar-refractivity contribution is -0.672. The van der Waals surface area contributed by atoms with Crippen LogP contribution in [-0.4, -0.2) is 10.8 Å². The number of pyridine rings is 2. The minimum Gasteiger partial charge on any atom is -1.00 e. The highest BCUT2D eigenvalue weighted by Gasteiger charge is 2.19. The molecule has 0 amide bonds. The molecule has 1 aromatic carbocycles. The Bertz CT molecular complexity index is 847. The Morgan fingerprint density at radius 1 is 1.04 bits per heavy atom. The number of ketones is 1. The summed E-state index contributed by atoms with van der Waals surface area (Å²) >= 11 is 0. The van der Waals surface area contributed by atoms with Crippen LogP contribution in [0.1, 0.15) is 21.5 Å². The van der Waals surface area contributed by atoms with Crippen molar-refractivity contribution in [3.8, 4) is 11.4 Å². The molecule has 2 aromatic heterocycles. The topological polar surface area (TPSA) is 33.8 Å². The van der Waals surface area contributed by atoms with Crippen molar-refractivity contribution in [2.24, 2.45) is 0 Å². The third-order valence-corrected chi connectivity index (χ3v) is 3.86. The predicted octanol–water partition coefficient (Wildman–Crippen LogP) is 0.540. The van der Waals surface area contributed by atoms with Gasteiger partial charge in [0.15, 0.2) is 6.20 Å². The normalized spacial score (nSPS) is 10.1. The molecule has 0 saturated heterocycles. The Labute approximate surface area is 152 Å². The van der Waals surface area contributed by atoms with Crippen LogP contribution in [-0.2, 0) is 6.54 Å². The molecule has 0 atom stereocenters. The molecule has 3 rings (SSSR count). The first-order valence-electron chi connectivity index (χ1n) is 7.65. The summed E-state index contributed by atoms with van der Waals surface area (Å²) in [5.41, 5.74) is 4.76. The van der Waals surface area contributed by atoms with E-state index in [0.29, 0.717) is 6.54 Å². The molecule has 3 nitrogen and oxygen atoms in total. The molecule has 0 saturated carbocycles. The molecule has 0 bridgehead atoms. The number of hydrogen-bond acceptors (Lipinski definition) is 2. The van der Waals surface area contributed by atoms with Gasteiger partial charge in [-0.05, 0) is 37.6 Å². The van der Waals surface area contributed by atoms with Crippen LogP contribution in [0.15, 0.2) is 67.0 Å². The molecule has 0 aliphatic heterocycles. The lowest BCUT2D eigenvalue weighted by Gasteiger charge is -2.06. The Balaban J connectivity index is 0.00000208. The monoisotopic (exact) mass is 382 g/mol. The highest BCUT2D eigenvalue weighted by Crippen LogP contribution is 2.13. The summed E-state index contributed by atoms with van der Waals surface area (Å²) in [6.07, 6.45) is 3.68. The Kier molecular flexibility index (Phi) is 5.99. The molecule has 24 heavy (non-hydrogen) atoms. The zero-order valence-electron chi connectivity index (χ0n) is 13.7.